The van der Waals surface area contributed by atoms with Crippen LogP contribution < -0.4 is 10.9 Å². The molecule has 1 amide bonds. The van der Waals surface area contributed by atoms with Gasteiger partial charge in [-0.15, -0.1) is 11.3 Å². The molecule has 0 bridgehead atoms. The van der Waals surface area contributed by atoms with Gasteiger partial charge in [0.15, 0.2) is 0 Å². The number of nitriles is 1. The first-order valence-corrected chi connectivity index (χ1v) is 10.2. The van der Waals surface area contributed by atoms with Crippen molar-refractivity contribution in [3.8, 4) is 16.5 Å². The second-order valence-corrected chi connectivity index (χ2v) is 8.21. The van der Waals surface area contributed by atoms with Crippen LogP contribution in [-0.2, 0) is 11.3 Å². The fraction of sp³-hybridized carbons (Fsp3) is 0.333. The summed E-state index contributed by atoms with van der Waals surface area (Å²) in [4.78, 5) is 31.3. The molecule has 7 heteroatoms. The van der Waals surface area contributed by atoms with Crippen molar-refractivity contribution in [3.63, 3.8) is 0 Å². The van der Waals surface area contributed by atoms with Crippen LogP contribution in [0.2, 0.25) is 0 Å². The van der Waals surface area contributed by atoms with E-state index >= 15 is 0 Å². The number of aromatic nitrogens is 2. The van der Waals surface area contributed by atoms with Crippen LogP contribution in [0.5, 0.6) is 0 Å². The molecule has 0 radical (unpaired) electrons. The Morgan fingerprint density at radius 3 is 2.71 bits per heavy atom. The maximum Gasteiger partial charge on any atom is 0.262 e. The highest BCUT2D eigenvalue weighted by molar-refractivity contribution is 7.21. The second-order valence-electron chi connectivity index (χ2n) is 7.18. The number of rotatable bonds is 4. The van der Waals surface area contributed by atoms with Gasteiger partial charge in [-0.05, 0) is 24.5 Å². The lowest BCUT2D eigenvalue weighted by molar-refractivity contribution is -0.123. The van der Waals surface area contributed by atoms with Crippen LogP contribution in [-0.4, -0.2) is 21.0 Å². The highest BCUT2D eigenvalue weighted by Gasteiger charge is 2.33. The summed E-state index contributed by atoms with van der Waals surface area (Å²) in [6.45, 7) is -0.137. The summed E-state index contributed by atoms with van der Waals surface area (Å²) in [6.07, 6.45) is 5.67. The quantitative estimate of drug-likeness (QED) is 0.736. The molecule has 1 N–H and O–H groups in total. The topological polar surface area (TPSA) is 87.8 Å². The van der Waals surface area contributed by atoms with Crippen LogP contribution in [0.25, 0.3) is 20.7 Å². The minimum atomic E-state index is -0.806. The molecule has 4 rings (SSSR count). The maximum absolute atomic E-state index is 12.8. The van der Waals surface area contributed by atoms with Gasteiger partial charge in [0, 0.05) is 4.88 Å². The summed E-state index contributed by atoms with van der Waals surface area (Å²) in [7, 11) is 0. The third-order valence-corrected chi connectivity index (χ3v) is 6.28. The Morgan fingerprint density at radius 2 is 2.00 bits per heavy atom. The Balaban J connectivity index is 1.57. The Bertz CT molecular complexity index is 1100. The second kappa shape index (κ2) is 7.56. The number of fused-ring (bicyclic) bond motifs is 1. The molecule has 0 unspecified atom stereocenters. The van der Waals surface area contributed by atoms with E-state index < -0.39 is 5.54 Å². The fourth-order valence-electron chi connectivity index (χ4n) is 3.70. The van der Waals surface area contributed by atoms with Crippen molar-refractivity contribution >= 4 is 27.5 Å². The van der Waals surface area contributed by atoms with Gasteiger partial charge in [0.05, 0.1) is 17.8 Å². The lowest BCUT2D eigenvalue weighted by atomic mass is 9.83. The summed E-state index contributed by atoms with van der Waals surface area (Å²) in [6, 6.07) is 13.9. The molecule has 2 aromatic heterocycles. The molecular weight excluding hydrogens is 372 g/mol. The van der Waals surface area contributed by atoms with Gasteiger partial charge in [0.25, 0.3) is 5.56 Å². The van der Waals surface area contributed by atoms with Gasteiger partial charge >= 0.3 is 0 Å². The summed E-state index contributed by atoms with van der Waals surface area (Å²) >= 11 is 1.46. The summed E-state index contributed by atoms with van der Waals surface area (Å²) in [5.74, 6) is -0.329. The van der Waals surface area contributed by atoms with Crippen molar-refractivity contribution in [1.82, 2.24) is 14.9 Å². The Labute approximate surface area is 166 Å². The lowest BCUT2D eigenvalue weighted by Gasteiger charge is -2.31. The van der Waals surface area contributed by atoms with Crippen molar-refractivity contribution in [2.45, 2.75) is 44.2 Å². The molecule has 1 aliphatic carbocycles. The third-order valence-electron chi connectivity index (χ3n) is 5.19. The Morgan fingerprint density at radius 1 is 1.25 bits per heavy atom. The van der Waals surface area contributed by atoms with E-state index in [4.69, 9.17) is 0 Å². The van der Waals surface area contributed by atoms with Gasteiger partial charge in [-0.1, -0.05) is 49.6 Å². The molecule has 3 aromatic rings. The summed E-state index contributed by atoms with van der Waals surface area (Å²) in [5.41, 5.74) is -0.0185. The molecule has 0 aliphatic heterocycles. The molecular formula is C21H20N4O2S. The summed E-state index contributed by atoms with van der Waals surface area (Å²) in [5, 5.41) is 12.9. The fourth-order valence-corrected chi connectivity index (χ4v) is 4.69. The first kappa shape index (κ1) is 18.4. The van der Waals surface area contributed by atoms with Crippen LogP contribution >= 0.6 is 11.3 Å². The average Bonchev–Trinajstić information content (AvgIpc) is 3.17. The van der Waals surface area contributed by atoms with Crippen LogP contribution in [0.4, 0.5) is 0 Å². The standard InChI is InChI=1S/C21H20N4O2S/c22-13-21(9-5-2-6-10-21)24-18(26)12-25-14-23-19-16(20(25)27)11-17(28-19)15-7-3-1-4-8-15/h1,3-4,7-8,11,14H,2,5-6,9-10,12H2,(H,24,26). The monoisotopic (exact) mass is 392 g/mol. The minimum Gasteiger partial charge on any atom is -0.336 e. The third kappa shape index (κ3) is 3.56. The largest absolute Gasteiger partial charge is 0.336 e. The van der Waals surface area contributed by atoms with Crippen molar-refractivity contribution < 1.29 is 4.79 Å². The van der Waals surface area contributed by atoms with Gasteiger partial charge in [-0.2, -0.15) is 5.26 Å². The van der Waals surface area contributed by atoms with E-state index in [-0.39, 0.29) is 18.0 Å². The zero-order valence-corrected chi connectivity index (χ0v) is 16.2. The number of carbonyl (C=O) groups is 1. The first-order chi connectivity index (χ1) is 13.6. The number of thiophene rings is 1. The molecule has 0 spiro atoms. The normalized spacial score (nSPS) is 15.8. The van der Waals surface area contributed by atoms with E-state index in [2.05, 4.69) is 16.4 Å². The highest BCUT2D eigenvalue weighted by atomic mass is 32.1. The van der Waals surface area contributed by atoms with Gasteiger partial charge in [-0.25, -0.2) is 4.98 Å². The van der Waals surface area contributed by atoms with Crippen LogP contribution in [0.15, 0.2) is 47.5 Å². The molecule has 2 heterocycles. The summed E-state index contributed by atoms with van der Waals surface area (Å²) < 4.78 is 1.31. The Kier molecular flexibility index (Phi) is 4.97. The number of benzene rings is 1. The van der Waals surface area contributed by atoms with Gasteiger partial charge in [-0.3, -0.25) is 14.2 Å². The number of hydrogen-bond acceptors (Lipinski definition) is 5. The van der Waals surface area contributed by atoms with Crippen molar-refractivity contribution in [3.05, 3.63) is 53.1 Å². The number of hydrogen-bond donors (Lipinski definition) is 1. The van der Waals surface area contributed by atoms with Crippen LogP contribution in [0.1, 0.15) is 32.1 Å². The molecule has 1 aromatic carbocycles. The SMILES string of the molecule is N#CC1(NC(=O)Cn2cnc3sc(-c4ccccc4)cc3c2=O)CCCCC1. The molecule has 28 heavy (non-hydrogen) atoms. The molecule has 6 nitrogen and oxygen atoms in total. The molecule has 1 aliphatic rings. The van der Waals surface area contributed by atoms with Crippen molar-refractivity contribution in [2.24, 2.45) is 0 Å². The number of nitrogens with zero attached hydrogens (tertiary/aromatic N) is 3. The van der Waals surface area contributed by atoms with Crippen LogP contribution in [0, 0.1) is 11.3 Å². The number of amides is 1. The minimum absolute atomic E-state index is 0.137. The molecule has 142 valence electrons. The Hall–Kier alpha value is -2.98. The van der Waals surface area contributed by atoms with E-state index in [0.717, 1.165) is 29.7 Å². The van der Waals surface area contributed by atoms with E-state index in [1.807, 2.05) is 36.4 Å². The van der Waals surface area contributed by atoms with E-state index in [9.17, 15) is 14.9 Å². The molecule has 1 fully saturated rings. The van der Waals surface area contributed by atoms with Crippen molar-refractivity contribution in [1.29, 1.82) is 5.26 Å². The molecule has 0 saturated heterocycles. The van der Waals surface area contributed by atoms with Crippen LogP contribution in [0.3, 0.4) is 0 Å². The molecule has 0 atom stereocenters. The van der Waals surface area contributed by atoms with E-state index in [1.165, 1.54) is 22.2 Å². The zero-order chi connectivity index (χ0) is 19.6. The molecule has 1 saturated carbocycles. The van der Waals surface area contributed by atoms with Gasteiger partial charge < -0.3 is 5.32 Å². The number of nitrogens with one attached hydrogen (secondary N) is 1. The van der Waals surface area contributed by atoms with E-state index in [0.29, 0.717) is 23.1 Å². The zero-order valence-electron chi connectivity index (χ0n) is 15.4. The highest BCUT2D eigenvalue weighted by Crippen LogP contribution is 2.30. The predicted molar refractivity (Wildman–Crippen MR) is 109 cm³/mol. The predicted octanol–water partition coefficient (Wildman–Crippen LogP) is 3.47. The van der Waals surface area contributed by atoms with Gasteiger partial charge in [0.2, 0.25) is 5.91 Å². The first-order valence-electron chi connectivity index (χ1n) is 9.37. The smallest absolute Gasteiger partial charge is 0.262 e. The maximum atomic E-state index is 12.8. The lowest BCUT2D eigenvalue weighted by Crippen LogP contribution is -2.50. The number of carbonyl (C=O) groups excluding carboxylic acids is 1. The van der Waals surface area contributed by atoms with E-state index in [1.54, 1.807) is 0 Å². The average molecular weight is 392 g/mol. The van der Waals surface area contributed by atoms with Crippen molar-refractivity contribution in [2.75, 3.05) is 0 Å². The van der Waals surface area contributed by atoms with Gasteiger partial charge in [0.1, 0.15) is 16.9 Å².